The van der Waals surface area contributed by atoms with Crippen LogP contribution in [0.3, 0.4) is 0 Å². The normalized spacial score (nSPS) is 12.1. The number of halogens is 9. The van der Waals surface area contributed by atoms with Gasteiger partial charge in [0, 0.05) is 54.2 Å². The van der Waals surface area contributed by atoms with E-state index in [-0.39, 0.29) is 45.0 Å². The van der Waals surface area contributed by atoms with Crippen LogP contribution in [0.1, 0.15) is 66.8 Å². The average Bonchev–Trinajstić information content (AvgIpc) is 1.53. The van der Waals surface area contributed by atoms with Crippen LogP contribution in [0.2, 0.25) is 0 Å². The number of aromatic nitrogens is 4. The van der Waals surface area contributed by atoms with E-state index in [1.54, 1.807) is 15.2 Å². The molecule has 0 fully saturated rings. The molecule has 500 valence electrons. The van der Waals surface area contributed by atoms with Crippen LogP contribution in [0, 0.1) is 79.9 Å². The molecule has 102 heavy (non-hydrogen) atoms. The van der Waals surface area contributed by atoms with Crippen molar-refractivity contribution in [2.45, 2.75) is 73.9 Å². The molecule has 16 rings (SSSR count). The van der Waals surface area contributed by atoms with Crippen molar-refractivity contribution in [2.75, 3.05) is 0 Å². The Labute approximate surface area is 579 Å². The van der Waals surface area contributed by atoms with Gasteiger partial charge in [-0.1, -0.05) is 93.0 Å². The molecule has 16 heteroatoms. The summed E-state index contributed by atoms with van der Waals surface area (Å²) < 4.78 is 140. The molecule has 0 bridgehead atoms. The first-order valence-corrected chi connectivity index (χ1v) is 32.7. The Morgan fingerprint density at radius 3 is 0.814 bits per heavy atom. The van der Waals surface area contributed by atoms with Gasteiger partial charge < -0.3 is 18.3 Å². The number of nitrogens with zero attached hydrogens (tertiary/aromatic N) is 7. The standard InChI is InChI=1S/C43H29F6N3.C43H29F3N4/c1-23-6-10-36-31(14-23)32-15-24(2)7-11-37(32)51(36)40-21-28(27-18-29(42(44,45)46)22-30(19-27)50-5)20-35(43(47,48)49)41(40)52-38-12-8-25(3)16-33(38)34-17-26(4)9-13-39(34)52;1-24-6-10-37-33(14-24)34-15-25(2)7-11-38(34)49(37)41-21-28(29-19-31(43(44,45)46)22-32(20-29)48-5)18-30(23-47)42(41)50-39-12-8-26(3)16-35(39)36-17-27(4)9-13-40(36)50/h6-22H,1-4H3;6-22H,1-4H3. The summed E-state index contributed by atoms with van der Waals surface area (Å²) in [5.74, 6) is 0. The topological polar surface area (TPSA) is 52.2 Å². The van der Waals surface area contributed by atoms with Gasteiger partial charge in [-0.3, -0.25) is 0 Å². The van der Waals surface area contributed by atoms with E-state index in [1.807, 2.05) is 159 Å². The lowest BCUT2D eigenvalue weighted by molar-refractivity contribution is -0.138. The second kappa shape index (κ2) is 24.0. The minimum Gasteiger partial charge on any atom is -0.307 e. The first kappa shape index (κ1) is 65.6. The van der Waals surface area contributed by atoms with E-state index in [1.165, 1.54) is 18.2 Å². The molecular weight excluding hydrogens is 1300 g/mol. The maximum absolute atomic E-state index is 15.8. The molecule has 0 saturated carbocycles. The SMILES string of the molecule is [C-]#[N+]c1cc(-c2cc(-n3c4ccc(C)cc4c4cc(C)ccc43)c(-n3c4ccc(C)cc4c4cc(C)ccc43)c(C(F)(F)F)c2)cc(C(F)(F)F)c1.[C-]#[N+]c1cc(-c2cc(C#N)c(-n3c4ccc(C)cc4c4cc(C)ccc43)c(-n3c4ccc(C)cc4c4cc(C)ccc43)c2)cc(C(F)(F)F)c1. The Hall–Kier alpha value is -12.3. The summed E-state index contributed by atoms with van der Waals surface area (Å²) >= 11 is 0. The van der Waals surface area contributed by atoms with Crippen molar-refractivity contribution < 1.29 is 39.5 Å². The summed E-state index contributed by atoms with van der Waals surface area (Å²) in [6, 6.07) is 62.1. The molecule has 0 atom stereocenters. The monoisotopic (exact) mass is 1360 g/mol. The van der Waals surface area contributed by atoms with Gasteiger partial charge in [0.05, 0.1) is 91.2 Å². The molecule has 0 N–H and O–H groups in total. The zero-order valence-corrected chi connectivity index (χ0v) is 56.2. The summed E-state index contributed by atoms with van der Waals surface area (Å²) in [5.41, 5.74) is 12.5. The van der Waals surface area contributed by atoms with E-state index >= 15 is 13.2 Å². The highest BCUT2D eigenvalue weighted by molar-refractivity contribution is 6.15. The first-order chi connectivity index (χ1) is 48.6. The van der Waals surface area contributed by atoms with Crippen molar-refractivity contribution in [2.24, 2.45) is 0 Å². The zero-order valence-electron chi connectivity index (χ0n) is 56.2. The molecule has 0 spiro atoms. The smallest absolute Gasteiger partial charge is 0.307 e. The summed E-state index contributed by atoms with van der Waals surface area (Å²) in [4.78, 5) is 6.59. The van der Waals surface area contributed by atoms with E-state index in [2.05, 4.69) is 73.4 Å². The Morgan fingerprint density at radius 1 is 0.294 bits per heavy atom. The minimum absolute atomic E-state index is 0.108. The lowest BCUT2D eigenvalue weighted by atomic mass is 9.97. The number of alkyl halides is 9. The van der Waals surface area contributed by atoms with Crippen LogP contribution in [-0.2, 0) is 18.5 Å². The summed E-state index contributed by atoms with van der Waals surface area (Å²) in [6.07, 6.45) is -14.4. The first-order valence-electron chi connectivity index (χ1n) is 32.7. The summed E-state index contributed by atoms with van der Waals surface area (Å²) in [6.45, 7) is 31.0. The number of fused-ring (bicyclic) bond motifs is 12. The predicted octanol–water partition coefficient (Wildman–Crippen LogP) is 25.6. The number of hydrogen-bond acceptors (Lipinski definition) is 1. The van der Waals surface area contributed by atoms with Crippen molar-refractivity contribution in [1.29, 1.82) is 5.26 Å². The van der Waals surface area contributed by atoms with Crippen LogP contribution in [0.4, 0.5) is 50.9 Å². The highest BCUT2D eigenvalue weighted by atomic mass is 19.4. The van der Waals surface area contributed by atoms with Gasteiger partial charge in [0.2, 0.25) is 0 Å². The molecule has 0 aliphatic rings. The van der Waals surface area contributed by atoms with Crippen molar-refractivity contribution in [3.63, 3.8) is 0 Å². The lowest BCUT2D eigenvalue weighted by Gasteiger charge is -2.23. The van der Waals surface area contributed by atoms with Crippen LogP contribution in [0.5, 0.6) is 0 Å². The van der Waals surface area contributed by atoms with Crippen LogP contribution >= 0.6 is 0 Å². The van der Waals surface area contributed by atoms with E-state index in [0.29, 0.717) is 45.1 Å². The maximum Gasteiger partial charge on any atom is 0.418 e. The van der Waals surface area contributed by atoms with Gasteiger partial charge in [0.15, 0.2) is 11.4 Å². The zero-order chi connectivity index (χ0) is 71.9. The van der Waals surface area contributed by atoms with Gasteiger partial charge in [-0.2, -0.15) is 44.8 Å². The number of aryl methyl sites for hydroxylation is 8. The van der Waals surface area contributed by atoms with Gasteiger partial charge in [-0.25, -0.2) is 9.69 Å². The Balaban J connectivity index is 0.000000165. The molecule has 0 amide bonds. The van der Waals surface area contributed by atoms with Crippen molar-refractivity contribution >= 4 is 98.6 Å². The third-order valence-corrected chi connectivity index (χ3v) is 19.3. The maximum atomic E-state index is 15.8. The van der Waals surface area contributed by atoms with E-state index in [0.717, 1.165) is 134 Å². The third kappa shape index (κ3) is 11.1. The molecule has 7 nitrogen and oxygen atoms in total. The van der Waals surface area contributed by atoms with Crippen molar-refractivity contribution in [3.05, 3.63) is 296 Å². The molecule has 0 aliphatic heterocycles. The third-order valence-electron chi connectivity index (χ3n) is 19.3. The number of nitriles is 1. The fraction of sp³-hybridized carbons (Fsp3) is 0.128. The molecule has 0 saturated heterocycles. The molecule has 4 aromatic heterocycles. The second-order valence-electron chi connectivity index (χ2n) is 26.7. The molecular formula is C86H58F9N7. The number of rotatable bonds is 6. The highest BCUT2D eigenvalue weighted by Gasteiger charge is 2.39. The fourth-order valence-electron chi connectivity index (χ4n) is 14.7. The van der Waals surface area contributed by atoms with Crippen LogP contribution in [0.15, 0.2) is 206 Å². The van der Waals surface area contributed by atoms with Crippen molar-refractivity contribution in [3.8, 4) is 51.1 Å². The fourth-order valence-corrected chi connectivity index (χ4v) is 14.7. The Morgan fingerprint density at radius 2 is 0.549 bits per heavy atom. The second-order valence-corrected chi connectivity index (χ2v) is 26.7. The Kier molecular flexibility index (Phi) is 15.4. The molecule has 12 aromatic carbocycles. The van der Waals surface area contributed by atoms with Gasteiger partial charge >= 0.3 is 18.5 Å². The van der Waals surface area contributed by atoms with E-state index in [4.69, 9.17) is 13.1 Å². The van der Waals surface area contributed by atoms with Crippen molar-refractivity contribution in [1.82, 2.24) is 18.3 Å². The van der Waals surface area contributed by atoms with Gasteiger partial charge in [-0.15, -0.1) is 0 Å². The number of hydrogen-bond donors (Lipinski definition) is 0. The average molecular weight is 1360 g/mol. The quantitative estimate of drug-likeness (QED) is 0.121. The van der Waals surface area contributed by atoms with Gasteiger partial charge in [-0.05, 0) is 235 Å². The number of benzene rings is 12. The van der Waals surface area contributed by atoms with Crippen LogP contribution < -0.4 is 0 Å². The molecule has 0 radical (unpaired) electrons. The Bertz CT molecular complexity index is 6180. The van der Waals surface area contributed by atoms with Gasteiger partial charge in [0.25, 0.3) is 0 Å². The summed E-state index contributed by atoms with van der Waals surface area (Å²) in [7, 11) is 0. The molecule has 4 heterocycles. The van der Waals surface area contributed by atoms with Crippen LogP contribution in [0.25, 0.3) is 142 Å². The minimum atomic E-state index is -4.95. The van der Waals surface area contributed by atoms with E-state index < -0.39 is 35.2 Å². The van der Waals surface area contributed by atoms with Crippen LogP contribution in [-0.4, -0.2) is 18.3 Å². The highest BCUT2D eigenvalue weighted by Crippen LogP contribution is 2.49. The molecule has 16 aromatic rings. The van der Waals surface area contributed by atoms with Gasteiger partial charge in [0.1, 0.15) is 6.07 Å². The predicted molar refractivity (Wildman–Crippen MR) is 391 cm³/mol. The largest absolute Gasteiger partial charge is 0.418 e. The summed E-state index contributed by atoms with van der Waals surface area (Å²) in [5, 5.41) is 18.3. The van der Waals surface area contributed by atoms with E-state index in [9.17, 15) is 31.6 Å². The molecule has 0 aliphatic carbocycles. The molecule has 0 unspecified atom stereocenters. The lowest BCUT2D eigenvalue weighted by Crippen LogP contribution is -2.15.